The smallest absolute Gasteiger partial charge is 0.213 e. The highest BCUT2D eigenvalue weighted by atomic mass is 16.5. The maximum Gasteiger partial charge on any atom is 0.213 e. The van der Waals surface area contributed by atoms with E-state index in [4.69, 9.17) is 14.6 Å². The van der Waals surface area contributed by atoms with Gasteiger partial charge in [0.1, 0.15) is 6.61 Å². The minimum atomic E-state index is 0.0187. The van der Waals surface area contributed by atoms with E-state index in [-0.39, 0.29) is 12.7 Å². The molecule has 1 unspecified atom stereocenters. The van der Waals surface area contributed by atoms with E-state index in [1.807, 2.05) is 13.0 Å². The monoisotopic (exact) mass is 237 g/mol. The lowest BCUT2D eigenvalue weighted by molar-refractivity contribution is -0.0119. The van der Waals surface area contributed by atoms with Crippen LogP contribution in [-0.4, -0.2) is 29.4 Å². The summed E-state index contributed by atoms with van der Waals surface area (Å²) in [5.74, 6) is 0.605. The first-order valence-corrected chi connectivity index (χ1v) is 6.11. The maximum absolute atomic E-state index is 9.04. The van der Waals surface area contributed by atoms with Crippen LogP contribution in [0.3, 0.4) is 0 Å². The molecule has 0 aromatic carbocycles. The zero-order valence-corrected chi connectivity index (χ0v) is 10.2. The topological polar surface area (TPSA) is 51.6 Å². The Morgan fingerprint density at radius 2 is 2.35 bits per heavy atom. The molecule has 1 aliphatic rings. The molecule has 0 bridgehead atoms. The van der Waals surface area contributed by atoms with Crippen LogP contribution in [-0.2, 0) is 11.3 Å². The zero-order valence-electron chi connectivity index (χ0n) is 10.2. The number of aryl methyl sites for hydroxylation is 1. The average Bonchev–Trinajstić information content (AvgIpc) is 2.38. The Balaban J connectivity index is 1.87. The molecular weight excluding hydrogens is 218 g/mol. The van der Waals surface area contributed by atoms with Gasteiger partial charge in [0.05, 0.1) is 12.7 Å². The highest BCUT2D eigenvalue weighted by molar-refractivity contribution is 5.24. The van der Waals surface area contributed by atoms with Crippen molar-refractivity contribution in [3.8, 4) is 5.88 Å². The summed E-state index contributed by atoms with van der Waals surface area (Å²) in [7, 11) is 0. The second-order valence-corrected chi connectivity index (χ2v) is 4.35. The number of hydrogen-bond acceptors (Lipinski definition) is 4. The first kappa shape index (κ1) is 12.3. The first-order valence-electron chi connectivity index (χ1n) is 6.11. The number of pyridine rings is 1. The van der Waals surface area contributed by atoms with Crippen molar-refractivity contribution in [2.24, 2.45) is 0 Å². The first-order chi connectivity index (χ1) is 8.29. The minimum Gasteiger partial charge on any atom is -0.475 e. The molecule has 0 aliphatic carbocycles. The highest BCUT2D eigenvalue weighted by Gasteiger charge is 2.14. The maximum atomic E-state index is 9.04. The Hall–Kier alpha value is -1.13. The summed E-state index contributed by atoms with van der Waals surface area (Å²) >= 11 is 0. The number of aromatic nitrogens is 1. The third-order valence-electron chi connectivity index (χ3n) is 3.03. The highest BCUT2D eigenvalue weighted by Crippen LogP contribution is 2.16. The van der Waals surface area contributed by atoms with Crippen molar-refractivity contribution in [3.05, 3.63) is 23.4 Å². The van der Waals surface area contributed by atoms with Crippen LogP contribution in [0, 0.1) is 6.92 Å². The van der Waals surface area contributed by atoms with Crippen molar-refractivity contribution in [3.63, 3.8) is 0 Å². The molecule has 4 nitrogen and oxygen atoms in total. The van der Waals surface area contributed by atoms with E-state index in [2.05, 4.69) is 4.98 Å². The van der Waals surface area contributed by atoms with Gasteiger partial charge in [-0.1, -0.05) is 0 Å². The Morgan fingerprint density at radius 3 is 3.00 bits per heavy atom. The SMILES string of the molecule is Cc1nc(OCC2CCCCO2)ccc1CO. The summed E-state index contributed by atoms with van der Waals surface area (Å²) in [4.78, 5) is 4.29. The number of aliphatic hydroxyl groups excluding tert-OH is 1. The lowest BCUT2D eigenvalue weighted by atomic mass is 10.1. The van der Waals surface area contributed by atoms with E-state index in [9.17, 15) is 0 Å². The van der Waals surface area contributed by atoms with Crippen molar-refractivity contribution < 1.29 is 14.6 Å². The fraction of sp³-hybridized carbons (Fsp3) is 0.615. The van der Waals surface area contributed by atoms with Crippen LogP contribution in [0.25, 0.3) is 0 Å². The molecule has 1 aromatic rings. The van der Waals surface area contributed by atoms with E-state index in [0.29, 0.717) is 12.5 Å². The second-order valence-electron chi connectivity index (χ2n) is 4.35. The molecule has 0 spiro atoms. The third-order valence-corrected chi connectivity index (χ3v) is 3.03. The van der Waals surface area contributed by atoms with Crippen molar-refractivity contribution in [2.45, 2.75) is 38.9 Å². The quantitative estimate of drug-likeness (QED) is 0.868. The van der Waals surface area contributed by atoms with E-state index < -0.39 is 0 Å². The fourth-order valence-electron chi connectivity index (χ4n) is 1.93. The largest absolute Gasteiger partial charge is 0.475 e. The van der Waals surface area contributed by atoms with Gasteiger partial charge in [-0.3, -0.25) is 0 Å². The third kappa shape index (κ3) is 3.41. The number of hydrogen-bond donors (Lipinski definition) is 1. The van der Waals surface area contributed by atoms with Crippen LogP contribution in [0.1, 0.15) is 30.5 Å². The van der Waals surface area contributed by atoms with Crippen molar-refractivity contribution in [2.75, 3.05) is 13.2 Å². The summed E-state index contributed by atoms with van der Waals surface area (Å²) in [5.41, 5.74) is 1.65. The molecule has 94 valence electrons. The molecule has 2 rings (SSSR count). The lowest BCUT2D eigenvalue weighted by Crippen LogP contribution is -2.26. The molecule has 1 N–H and O–H groups in total. The predicted molar refractivity (Wildman–Crippen MR) is 64.0 cm³/mol. The molecule has 2 heterocycles. The van der Waals surface area contributed by atoms with Gasteiger partial charge in [-0.15, -0.1) is 0 Å². The van der Waals surface area contributed by atoms with Crippen molar-refractivity contribution in [1.29, 1.82) is 0 Å². The standard InChI is InChI=1S/C13H19NO3/c1-10-11(8-15)5-6-13(14-10)17-9-12-4-2-3-7-16-12/h5-6,12,15H,2-4,7-9H2,1H3. The van der Waals surface area contributed by atoms with Crippen LogP contribution in [0.4, 0.5) is 0 Å². The average molecular weight is 237 g/mol. The van der Waals surface area contributed by atoms with Crippen LogP contribution in [0.5, 0.6) is 5.88 Å². The van der Waals surface area contributed by atoms with Gasteiger partial charge in [0, 0.05) is 18.4 Å². The van der Waals surface area contributed by atoms with Gasteiger partial charge in [0.15, 0.2) is 0 Å². The van der Waals surface area contributed by atoms with E-state index in [1.54, 1.807) is 6.07 Å². The molecular formula is C13H19NO3. The van der Waals surface area contributed by atoms with Crippen molar-refractivity contribution >= 4 is 0 Å². The number of rotatable bonds is 4. The summed E-state index contributed by atoms with van der Waals surface area (Å²) in [6.07, 6.45) is 3.62. The molecule has 0 saturated carbocycles. The van der Waals surface area contributed by atoms with Crippen molar-refractivity contribution in [1.82, 2.24) is 4.98 Å². The second kappa shape index (κ2) is 5.98. The molecule has 4 heteroatoms. The lowest BCUT2D eigenvalue weighted by Gasteiger charge is -2.22. The summed E-state index contributed by atoms with van der Waals surface area (Å²) in [6.45, 7) is 3.29. The van der Waals surface area contributed by atoms with Crippen LogP contribution in [0.15, 0.2) is 12.1 Å². The van der Waals surface area contributed by atoms with E-state index in [1.165, 1.54) is 6.42 Å². The number of nitrogens with zero attached hydrogens (tertiary/aromatic N) is 1. The Bertz CT molecular complexity index is 362. The Morgan fingerprint density at radius 1 is 1.47 bits per heavy atom. The van der Waals surface area contributed by atoms with Gasteiger partial charge < -0.3 is 14.6 Å². The number of ether oxygens (including phenoxy) is 2. The molecule has 1 aliphatic heterocycles. The van der Waals surface area contributed by atoms with Crippen LogP contribution >= 0.6 is 0 Å². The van der Waals surface area contributed by atoms with E-state index in [0.717, 1.165) is 30.7 Å². The Kier molecular flexibility index (Phi) is 4.34. The summed E-state index contributed by atoms with van der Waals surface area (Å²) < 4.78 is 11.2. The molecule has 1 saturated heterocycles. The van der Waals surface area contributed by atoms with Gasteiger partial charge in [-0.25, -0.2) is 4.98 Å². The minimum absolute atomic E-state index is 0.0187. The molecule has 1 fully saturated rings. The van der Waals surface area contributed by atoms with Crippen LogP contribution < -0.4 is 4.74 Å². The normalized spacial score (nSPS) is 20.2. The van der Waals surface area contributed by atoms with Gasteiger partial charge in [-0.2, -0.15) is 0 Å². The van der Waals surface area contributed by atoms with Gasteiger partial charge in [0.2, 0.25) is 5.88 Å². The molecule has 17 heavy (non-hydrogen) atoms. The molecule has 1 aromatic heterocycles. The van der Waals surface area contributed by atoms with Gasteiger partial charge in [-0.05, 0) is 37.8 Å². The van der Waals surface area contributed by atoms with Gasteiger partial charge >= 0.3 is 0 Å². The summed E-state index contributed by atoms with van der Waals surface area (Å²) in [5, 5.41) is 9.04. The van der Waals surface area contributed by atoms with E-state index >= 15 is 0 Å². The van der Waals surface area contributed by atoms with Crippen LogP contribution in [0.2, 0.25) is 0 Å². The predicted octanol–water partition coefficient (Wildman–Crippen LogP) is 1.83. The zero-order chi connectivity index (χ0) is 12.1. The Labute approximate surface area is 102 Å². The molecule has 0 amide bonds. The van der Waals surface area contributed by atoms with Gasteiger partial charge in [0.25, 0.3) is 0 Å². The molecule has 1 atom stereocenters. The summed E-state index contributed by atoms with van der Waals surface area (Å²) in [6, 6.07) is 3.64. The fourth-order valence-corrected chi connectivity index (χ4v) is 1.93. The number of aliphatic hydroxyl groups is 1. The molecule has 0 radical (unpaired) electrons.